The maximum absolute atomic E-state index is 5.91. The van der Waals surface area contributed by atoms with E-state index < -0.39 is 0 Å². The number of nitrogen functional groups attached to an aromatic ring is 1. The van der Waals surface area contributed by atoms with Crippen molar-refractivity contribution in [2.75, 3.05) is 11.1 Å². The largest absolute Gasteiger partial charge is 0.382 e. The van der Waals surface area contributed by atoms with Crippen LogP contribution in [0.1, 0.15) is 11.3 Å². The number of hydrogen-bond donors (Lipinski definition) is 3. The first-order valence-electron chi connectivity index (χ1n) is 6.38. The molecule has 8 heteroatoms. The molecule has 3 aromatic rings. The van der Waals surface area contributed by atoms with Gasteiger partial charge in [0.15, 0.2) is 11.5 Å². The SMILES string of the molecule is Cc1cc(-c2nnc(NCc3cccnc3)nc2N)n[nH]1. The Hall–Kier alpha value is -3.03. The van der Waals surface area contributed by atoms with Gasteiger partial charge >= 0.3 is 0 Å². The summed E-state index contributed by atoms with van der Waals surface area (Å²) in [6.07, 6.45) is 3.49. The lowest BCUT2D eigenvalue weighted by atomic mass is 10.3. The molecular weight excluding hydrogens is 268 g/mol. The van der Waals surface area contributed by atoms with Crippen LogP contribution in [0.25, 0.3) is 11.4 Å². The van der Waals surface area contributed by atoms with Crippen molar-refractivity contribution in [1.82, 2.24) is 30.4 Å². The van der Waals surface area contributed by atoms with Gasteiger partial charge in [-0.05, 0) is 24.6 Å². The minimum absolute atomic E-state index is 0.283. The maximum atomic E-state index is 5.91. The van der Waals surface area contributed by atoms with Crippen molar-refractivity contribution in [3.8, 4) is 11.4 Å². The molecule has 0 radical (unpaired) electrons. The Balaban J connectivity index is 1.75. The third kappa shape index (κ3) is 2.94. The highest BCUT2D eigenvalue weighted by atomic mass is 15.3. The lowest BCUT2D eigenvalue weighted by molar-refractivity contribution is 0.945. The van der Waals surface area contributed by atoms with Gasteiger partial charge in [-0.1, -0.05) is 6.07 Å². The normalized spacial score (nSPS) is 10.5. The molecule has 0 fully saturated rings. The van der Waals surface area contributed by atoms with Crippen LogP contribution in [0.5, 0.6) is 0 Å². The number of aromatic amines is 1. The summed E-state index contributed by atoms with van der Waals surface area (Å²) in [5, 5.41) is 18.1. The summed E-state index contributed by atoms with van der Waals surface area (Å²) in [6, 6.07) is 5.66. The molecule has 3 aromatic heterocycles. The Morgan fingerprint density at radius 3 is 2.90 bits per heavy atom. The van der Waals surface area contributed by atoms with E-state index in [0.29, 0.717) is 23.9 Å². The van der Waals surface area contributed by atoms with Gasteiger partial charge in [-0.15, -0.1) is 10.2 Å². The molecule has 0 aromatic carbocycles. The van der Waals surface area contributed by atoms with E-state index in [1.54, 1.807) is 12.4 Å². The highest BCUT2D eigenvalue weighted by Crippen LogP contribution is 2.20. The number of aromatic nitrogens is 6. The number of anilines is 2. The fraction of sp³-hybridized carbons (Fsp3) is 0.154. The van der Waals surface area contributed by atoms with Crippen molar-refractivity contribution in [2.24, 2.45) is 0 Å². The van der Waals surface area contributed by atoms with Crippen LogP contribution in [0, 0.1) is 6.92 Å². The highest BCUT2D eigenvalue weighted by Gasteiger charge is 2.11. The number of nitrogens with one attached hydrogen (secondary N) is 2. The fourth-order valence-corrected chi connectivity index (χ4v) is 1.82. The van der Waals surface area contributed by atoms with Gasteiger partial charge in [-0.25, -0.2) is 0 Å². The van der Waals surface area contributed by atoms with Gasteiger partial charge in [0.2, 0.25) is 5.95 Å². The van der Waals surface area contributed by atoms with E-state index >= 15 is 0 Å². The number of nitrogens with two attached hydrogens (primary N) is 1. The number of pyridine rings is 1. The topological polar surface area (TPSA) is 118 Å². The Morgan fingerprint density at radius 2 is 2.24 bits per heavy atom. The van der Waals surface area contributed by atoms with Crippen LogP contribution in [0.3, 0.4) is 0 Å². The average Bonchev–Trinajstić information content (AvgIpc) is 2.92. The third-order valence-corrected chi connectivity index (χ3v) is 2.84. The molecule has 0 unspecified atom stereocenters. The molecule has 0 atom stereocenters. The first kappa shape index (κ1) is 13.0. The van der Waals surface area contributed by atoms with Gasteiger partial charge in [-0.3, -0.25) is 10.1 Å². The van der Waals surface area contributed by atoms with Crippen LogP contribution in [0.2, 0.25) is 0 Å². The minimum atomic E-state index is 0.283. The Kier molecular flexibility index (Phi) is 3.42. The minimum Gasteiger partial charge on any atom is -0.382 e. The molecule has 4 N–H and O–H groups in total. The van der Waals surface area contributed by atoms with Crippen LogP contribution in [-0.2, 0) is 6.54 Å². The van der Waals surface area contributed by atoms with Crippen molar-refractivity contribution in [1.29, 1.82) is 0 Å². The summed E-state index contributed by atoms with van der Waals surface area (Å²) < 4.78 is 0. The Labute approximate surface area is 120 Å². The lowest BCUT2D eigenvalue weighted by Crippen LogP contribution is -2.08. The molecule has 21 heavy (non-hydrogen) atoms. The number of aryl methyl sites for hydroxylation is 1. The third-order valence-electron chi connectivity index (χ3n) is 2.84. The number of rotatable bonds is 4. The molecule has 3 rings (SSSR count). The first-order valence-corrected chi connectivity index (χ1v) is 6.38. The predicted octanol–water partition coefficient (Wildman–Crippen LogP) is 1.16. The van der Waals surface area contributed by atoms with Gasteiger partial charge in [0.25, 0.3) is 0 Å². The quantitative estimate of drug-likeness (QED) is 0.657. The maximum Gasteiger partial charge on any atom is 0.244 e. The highest BCUT2D eigenvalue weighted by molar-refractivity contribution is 5.66. The zero-order valence-corrected chi connectivity index (χ0v) is 11.4. The number of nitrogens with zero attached hydrogens (tertiary/aromatic N) is 5. The van der Waals surface area contributed by atoms with Crippen LogP contribution in [0.15, 0.2) is 30.6 Å². The van der Waals surface area contributed by atoms with Crippen LogP contribution < -0.4 is 11.1 Å². The zero-order chi connectivity index (χ0) is 14.7. The average molecular weight is 282 g/mol. The van der Waals surface area contributed by atoms with E-state index in [1.165, 1.54) is 0 Å². The summed E-state index contributed by atoms with van der Waals surface area (Å²) in [7, 11) is 0. The molecule has 8 nitrogen and oxygen atoms in total. The second kappa shape index (κ2) is 5.53. The molecular formula is C13H14N8. The van der Waals surface area contributed by atoms with Crippen molar-refractivity contribution in [3.63, 3.8) is 0 Å². The zero-order valence-electron chi connectivity index (χ0n) is 11.4. The fourth-order valence-electron chi connectivity index (χ4n) is 1.82. The smallest absolute Gasteiger partial charge is 0.244 e. The first-order chi connectivity index (χ1) is 10.2. The molecule has 0 bridgehead atoms. The molecule has 0 amide bonds. The Morgan fingerprint density at radius 1 is 1.33 bits per heavy atom. The lowest BCUT2D eigenvalue weighted by Gasteiger charge is -2.05. The monoisotopic (exact) mass is 282 g/mol. The van der Waals surface area contributed by atoms with Gasteiger partial charge in [0.05, 0.1) is 0 Å². The van der Waals surface area contributed by atoms with E-state index in [1.807, 2.05) is 25.1 Å². The van der Waals surface area contributed by atoms with E-state index in [-0.39, 0.29) is 5.82 Å². The van der Waals surface area contributed by atoms with Crippen molar-refractivity contribution >= 4 is 11.8 Å². The summed E-state index contributed by atoms with van der Waals surface area (Å²) in [5.41, 5.74) is 8.95. The van der Waals surface area contributed by atoms with Crippen molar-refractivity contribution in [3.05, 3.63) is 41.9 Å². The summed E-state index contributed by atoms with van der Waals surface area (Å²) in [5.74, 6) is 0.651. The molecule has 0 spiro atoms. The molecule has 0 saturated carbocycles. The summed E-state index contributed by atoms with van der Waals surface area (Å²) in [4.78, 5) is 8.23. The van der Waals surface area contributed by atoms with Gasteiger partial charge in [-0.2, -0.15) is 10.1 Å². The molecule has 0 aliphatic heterocycles. The molecule has 3 heterocycles. The molecule has 0 aliphatic rings. The van der Waals surface area contributed by atoms with Gasteiger partial charge in [0, 0.05) is 24.6 Å². The summed E-state index contributed by atoms with van der Waals surface area (Å²) >= 11 is 0. The van der Waals surface area contributed by atoms with Crippen molar-refractivity contribution < 1.29 is 0 Å². The van der Waals surface area contributed by atoms with Gasteiger partial charge in [0.1, 0.15) is 5.69 Å². The van der Waals surface area contributed by atoms with E-state index in [9.17, 15) is 0 Å². The van der Waals surface area contributed by atoms with Crippen LogP contribution in [0.4, 0.5) is 11.8 Å². The van der Waals surface area contributed by atoms with Crippen LogP contribution >= 0.6 is 0 Å². The van der Waals surface area contributed by atoms with E-state index in [2.05, 4.69) is 35.7 Å². The van der Waals surface area contributed by atoms with E-state index in [0.717, 1.165) is 11.3 Å². The molecule has 106 valence electrons. The standard InChI is InChI=1S/C13H14N8/c1-8-5-10(19-18-8)11-12(14)17-13(21-20-11)16-7-9-3-2-4-15-6-9/h2-6H,7H2,1H3,(H,18,19)(H3,14,16,17,21). The molecule has 0 saturated heterocycles. The molecule has 0 aliphatic carbocycles. The van der Waals surface area contributed by atoms with Crippen molar-refractivity contribution in [2.45, 2.75) is 13.5 Å². The number of H-pyrrole nitrogens is 1. The number of hydrogen-bond acceptors (Lipinski definition) is 7. The second-order valence-electron chi connectivity index (χ2n) is 4.52. The Bertz CT molecular complexity index is 737. The second-order valence-corrected chi connectivity index (χ2v) is 4.52. The van der Waals surface area contributed by atoms with Crippen LogP contribution in [-0.4, -0.2) is 30.4 Å². The van der Waals surface area contributed by atoms with E-state index in [4.69, 9.17) is 5.73 Å². The van der Waals surface area contributed by atoms with Gasteiger partial charge < -0.3 is 11.1 Å². The predicted molar refractivity (Wildman–Crippen MR) is 78.1 cm³/mol. The summed E-state index contributed by atoms with van der Waals surface area (Å²) in [6.45, 7) is 2.45.